The van der Waals surface area contributed by atoms with Gasteiger partial charge in [-0.2, -0.15) is 0 Å². The fourth-order valence-electron chi connectivity index (χ4n) is 2.37. The van der Waals surface area contributed by atoms with E-state index < -0.39 is 12.1 Å². The van der Waals surface area contributed by atoms with E-state index in [0.29, 0.717) is 28.4 Å². The van der Waals surface area contributed by atoms with Crippen molar-refractivity contribution in [2.75, 3.05) is 21.3 Å². The number of hydrogen-bond acceptors (Lipinski definition) is 6. The summed E-state index contributed by atoms with van der Waals surface area (Å²) < 4.78 is 20.6. The van der Waals surface area contributed by atoms with Crippen LogP contribution in [0.5, 0.6) is 17.2 Å². The Morgan fingerprint density at radius 3 is 2.11 bits per heavy atom. The number of ether oxygens (including phenoxy) is 4. The number of carbonyl (C=O) groups is 2. The molecule has 27 heavy (non-hydrogen) atoms. The van der Waals surface area contributed by atoms with Crippen LogP contribution in [0.15, 0.2) is 48.5 Å². The van der Waals surface area contributed by atoms with Gasteiger partial charge in [-0.1, -0.05) is 0 Å². The van der Waals surface area contributed by atoms with Crippen LogP contribution in [-0.2, 0) is 9.53 Å². The lowest BCUT2D eigenvalue weighted by molar-refractivity contribution is -0.140. The Labute approximate surface area is 158 Å². The van der Waals surface area contributed by atoms with E-state index in [4.69, 9.17) is 18.9 Å². The smallest absolute Gasteiger partial charge is 0.331 e. The molecule has 0 saturated heterocycles. The zero-order valence-corrected chi connectivity index (χ0v) is 15.7. The number of rotatable bonds is 8. The van der Waals surface area contributed by atoms with Crippen molar-refractivity contribution in [1.29, 1.82) is 0 Å². The summed E-state index contributed by atoms with van der Waals surface area (Å²) in [6, 6.07) is 11.8. The van der Waals surface area contributed by atoms with Crippen molar-refractivity contribution in [1.82, 2.24) is 0 Å². The largest absolute Gasteiger partial charge is 0.497 e. The fourth-order valence-corrected chi connectivity index (χ4v) is 2.37. The Balaban J connectivity index is 2.01. The molecule has 142 valence electrons. The van der Waals surface area contributed by atoms with Crippen molar-refractivity contribution in [3.05, 3.63) is 59.7 Å². The number of benzene rings is 2. The normalized spacial score (nSPS) is 11.7. The first-order valence-corrected chi connectivity index (χ1v) is 8.27. The molecule has 0 heterocycles. The highest BCUT2D eigenvalue weighted by Gasteiger charge is 2.18. The third kappa shape index (κ3) is 5.34. The number of methoxy groups -OCH3 is 3. The molecule has 0 spiro atoms. The van der Waals surface area contributed by atoms with Gasteiger partial charge >= 0.3 is 5.97 Å². The Morgan fingerprint density at radius 1 is 0.889 bits per heavy atom. The minimum absolute atomic E-state index is 0.290. The van der Waals surface area contributed by atoms with Crippen molar-refractivity contribution in [2.45, 2.75) is 13.0 Å². The topological polar surface area (TPSA) is 71.1 Å². The summed E-state index contributed by atoms with van der Waals surface area (Å²) in [5, 5.41) is 0. The molecule has 0 aromatic heterocycles. The van der Waals surface area contributed by atoms with Gasteiger partial charge in [0.25, 0.3) is 0 Å². The highest BCUT2D eigenvalue weighted by Crippen LogP contribution is 2.25. The SMILES string of the molecule is COc1ccc(C(=O)[C@H](C)OC(=O)/C=C/c2ccc(OC)cc2OC)cc1. The average molecular weight is 370 g/mol. The van der Waals surface area contributed by atoms with E-state index in [0.717, 1.165) is 0 Å². The standard InChI is InChI=1S/C21H22O6/c1-14(21(23)16-6-9-17(24-2)10-7-16)27-20(22)12-8-15-5-11-18(25-3)13-19(15)26-4/h5-14H,1-4H3/b12-8+/t14-/m0/s1. The third-order valence-electron chi connectivity index (χ3n) is 3.88. The Hall–Kier alpha value is -3.28. The van der Waals surface area contributed by atoms with Crippen LogP contribution in [0, 0.1) is 0 Å². The Kier molecular flexibility index (Phi) is 7.00. The molecule has 6 heteroatoms. The van der Waals surface area contributed by atoms with Crippen LogP contribution in [0.2, 0.25) is 0 Å². The number of carbonyl (C=O) groups excluding carboxylic acids is 2. The molecule has 0 radical (unpaired) electrons. The summed E-state index contributed by atoms with van der Waals surface area (Å²) >= 11 is 0. The molecule has 6 nitrogen and oxygen atoms in total. The zero-order chi connectivity index (χ0) is 19.8. The van der Waals surface area contributed by atoms with Gasteiger partial charge in [0.2, 0.25) is 5.78 Å². The lowest BCUT2D eigenvalue weighted by Gasteiger charge is -2.11. The van der Waals surface area contributed by atoms with Gasteiger partial charge in [-0.3, -0.25) is 4.79 Å². The zero-order valence-electron chi connectivity index (χ0n) is 15.7. The minimum Gasteiger partial charge on any atom is -0.497 e. The summed E-state index contributed by atoms with van der Waals surface area (Å²) in [5.41, 5.74) is 1.13. The molecule has 0 unspecified atom stereocenters. The number of ketones is 1. The average Bonchev–Trinajstić information content (AvgIpc) is 2.71. The first-order chi connectivity index (χ1) is 13.0. The summed E-state index contributed by atoms with van der Waals surface area (Å²) in [6.07, 6.45) is 1.90. The summed E-state index contributed by atoms with van der Waals surface area (Å²) in [7, 11) is 4.63. The first kappa shape index (κ1) is 20.0. The highest BCUT2D eigenvalue weighted by atomic mass is 16.5. The van der Waals surface area contributed by atoms with E-state index >= 15 is 0 Å². The highest BCUT2D eigenvalue weighted by molar-refractivity contribution is 6.01. The van der Waals surface area contributed by atoms with Crippen molar-refractivity contribution >= 4 is 17.8 Å². The molecule has 1 atom stereocenters. The molecule has 2 aromatic carbocycles. The molecule has 2 rings (SSSR count). The number of hydrogen-bond donors (Lipinski definition) is 0. The molecule has 0 amide bonds. The van der Waals surface area contributed by atoms with Crippen molar-refractivity contribution < 1.29 is 28.5 Å². The number of esters is 1. The van der Waals surface area contributed by atoms with Gasteiger partial charge in [0, 0.05) is 23.3 Å². The van der Waals surface area contributed by atoms with Crippen LogP contribution in [0.1, 0.15) is 22.8 Å². The summed E-state index contributed by atoms with van der Waals surface area (Å²) in [5.74, 6) is 0.933. The maximum absolute atomic E-state index is 12.3. The predicted octanol–water partition coefficient (Wildman–Crippen LogP) is 3.54. The predicted molar refractivity (Wildman–Crippen MR) is 101 cm³/mol. The van der Waals surface area contributed by atoms with Gasteiger partial charge in [-0.25, -0.2) is 4.79 Å². The Bertz CT molecular complexity index is 823. The van der Waals surface area contributed by atoms with Crippen LogP contribution < -0.4 is 14.2 Å². The van der Waals surface area contributed by atoms with Crippen molar-refractivity contribution in [3.63, 3.8) is 0 Å². The second-order valence-corrected chi connectivity index (χ2v) is 5.61. The number of Topliss-reactive ketones (excluding diaryl/α,β-unsaturated/α-hetero) is 1. The van der Waals surface area contributed by atoms with E-state index in [2.05, 4.69) is 0 Å². The van der Waals surface area contributed by atoms with Crippen LogP contribution in [-0.4, -0.2) is 39.2 Å². The maximum Gasteiger partial charge on any atom is 0.331 e. The van der Waals surface area contributed by atoms with Crippen molar-refractivity contribution in [2.24, 2.45) is 0 Å². The minimum atomic E-state index is -0.909. The quantitative estimate of drug-likeness (QED) is 0.402. The van der Waals surface area contributed by atoms with Crippen LogP contribution in [0.25, 0.3) is 6.08 Å². The van der Waals surface area contributed by atoms with Crippen LogP contribution in [0.3, 0.4) is 0 Å². The molecule has 0 aliphatic heterocycles. The molecule has 0 aliphatic carbocycles. The molecular weight excluding hydrogens is 348 g/mol. The van der Waals surface area contributed by atoms with Gasteiger partial charge in [0.05, 0.1) is 21.3 Å². The molecule has 0 saturated carbocycles. The summed E-state index contributed by atoms with van der Waals surface area (Å²) in [6.45, 7) is 1.53. The Morgan fingerprint density at radius 2 is 1.52 bits per heavy atom. The van der Waals surface area contributed by atoms with Gasteiger partial charge in [0.15, 0.2) is 6.10 Å². The molecular formula is C21H22O6. The van der Waals surface area contributed by atoms with Crippen LogP contribution >= 0.6 is 0 Å². The van der Waals surface area contributed by atoms with Crippen molar-refractivity contribution in [3.8, 4) is 17.2 Å². The first-order valence-electron chi connectivity index (χ1n) is 8.27. The molecule has 0 fully saturated rings. The van der Waals surface area contributed by atoms with Gasteiger partial charge in [-0.05, 0) is 49.4 Å². The molecule has 0 N–H and O–H groups in total. The van der Waals surface area contributed by atoms with E-state index in [9.17, 15) is 9.59 Å². The lowest BCUT2D eigenvalue weighted by atomic mass is 10.1. The third-order valence-corrected chi connectivity index (χ3v) is 3.88. The van der Waals surface area contributed by atoms with E-state index in [1.165, 1.54) is 20.1 Å². The second-order valence-electron chi connectivity index (χ2n) is 5.61. The van der Waals surface area contributed by atoms with Gasteiger partial charge in [0.1, 0.15) is 17.2 Å². The van der Waals surface area contributed by atoms with Gasteiger partial charge in [-0.15, -0.1) is 0 Å². The van der Waals surface area contributed by atoms with Gasteiger partial charge < -0.3 is 18.9 Å². The van der Waals surface area contributed by atoms with E-state index in [1.807, 2.05) is 0 Å². The lowest BCUT2D eigenvalue weighted by Crippen LogP contribution is -2.23. The maximum atomic E-state index is 12.3. The molecule has 0 bridgehead atoms. The molecule has 0 aliphatic rings. The van der Waals surface area contributed by atoms with E-state index in [-0.39, 0.29) is 5.78 Å². The van der Waals surface area contributed by atoms with E-state index in [1.54, 1.807) is 62.8 Å². The fraction of sp³-hybridized carbons (Fsp3) is 0.238. The summed E-state index contributed by atoms with van der Waals surface area (Å²) in [4.78, 5) is 24.4. The monoisotopic (exact) mass is 370 g/mol. The van der Waals surface area contributed by atoms with Crippen LogP contribution in [0.4, 0.5) is 0 Å². The molecule has 2 aromatic rings. The second kappa shape index (κ2) is 9.43.